The Morgan fingerprint density at radius 3 is 2.53 bits per heavy atom. The Bertz CT molecular complexity index is 1100. The molecule has 1 heterocycles. The summed E-state index contributed by atoms with van der Waals surface area (Å²) in [5.74, 6) is 0.100. The average Bonchev–Trinajstić information content (AvgIpc) is 2.83. The van der Waals surface area contributed by atoms with Crippen molar-refractivity contribution >= 4 is 29.2 Å². The van der Waals surface area contributed by atoms with Crippen LogP contribution >= 0.6 is 11.6 Å². The molecule has 3 rings (SSSR count). The monoisotopic (exact) mass is 446 g/mol. The van der Waals surface area contributed by atoms with Gasteiger partial charge >= 0.3 is 0 Å². The number of nitrogens with one attached hydrogen (secondary N) is 3. The van der Waals surface area contributed by atoms with E-state index in [4.69, 9.17) is 16.9 Å². The molecule has 0 fully saturated rings. The molecule has 0 saturated carbocycles. The molecule has 0 bridgehead atoms. The number of rotatable bonds is 7. The summed E-state index contributed by atoms with van der Waals surface area (Å²) in [5, 5.41) is 18.3. The summed E-state index contributed by atoms with van der Waals surface area (Å²) >= 11 is 5.92. The summed E-state index contributed by atoms with van der Waals surface area (Å²) in [6.45, 7) is 2.67. The first-order valence-corrected chi connectivity index (χ1v) is 10.3. The highest BCUT2D eigenvalue weighted by molar-refractivity contribution is 6.30. The molecule has 0 spiro atoms. The van der Waals surface area contributed by atoms with E-state index in [9.17, 15) is 4.79 Å². The lowest BCUT2D eigenvalue weighted by atomic mass is 9.82. The van der Waals surface area contributed by atoms with Crippen LogP contribution in [0.4, 0.5) is 5.69 Å². The van der Waals surface area contributed by atoms with Crippen molar-refractivity contribution in [2.75, 3.05) is 18.4 Å². The van der Waals surface area contributed by atoms with Crippen molar-refractivity contribution in [3.63, 3.8) is 0 Å². The van der Waals surface area contributed by atoms with Crippen LogP contribution in [0.1, 0.15) is 22.8 Å². The summed E-state index contributed by atoms with van der Waals surface area (Å²) in [7, 11) is 0. The van der Waals surface area contributed by atoms with Crippen LogP contribution in [0.15, 0.2) is 84.1 Å². The van der Waals surface area contributed by atoms with Gasteiger partial charge in [-0.3, -0.25) is 20.1 Å². The van der Waals surface area contributed by atoms with Gasteiger partial charge in [0.1, 0.15) is 0 Å². The molecular weight excluding hydrogens is 424 g/mol. The zero-order valence-electron chi connectivity index (χ0n) is 17.5. The number of aromatic nitrogens is 1. The van der Waals surface area contributed by atoms with E-state index in [0.717, 1.165) is 5.56 Å². The van der Waals surface area contributed by atoms with Crippen molar-refractivity contribution in [1.29, 1.82) is 5.26 Å². The number of aliphatic imine (C=N–C) groups is 1. The molecule has 0 aliphatic carbocycles. The maximum atomic E-state index is 12.7. The number of anilines is 1. The van der Waals surface area contributed by atoms with Crippen molar-refractivity contribution in [2.24, 2.45) is 4.99 Å². The van der Waals surface area contributed by atoms with Gasteiger partial charge in [-0.2, -0.15) is 5.26 Å². The number of carbonyl (C=O) groups is 1. The summed E-state index contributed by atoms with van der Waals surface area (Å²) in [4.78, 5) is 21.3. The van der Waals surface area contributed by atoms with Gasteiger partial charge in [-0.15, -0.1) is 0 Å². The molecule has 0 aliphatic rings. The quantitative estimate of drug-likeness (QED) is 0.220. The van der Waals surface area contributed by atoms with Gasteiger partial charge in [-0.25, -0.2) is 0 Å². The van der Waals surface area contributed by atoms with Crippen LogP contribution in [0, 0.1) is 11.5 Å². The Kier molecular flexibility index (Phi) is 7.79. The van der Waals surface area contributed by atoms with Gasteiger partial charge < -0.3 is 10.6 Å². The van der Waals surface area contributed by atoms with Crippen LogP contribution in [0.2, 0.25) is 5.02 Å². The van der Waals surface area contributed by atoms with E-state index >= 15 is 0 Å². The highest BCUT2D eigenvalue weighted by Gasteiger charge is 2.27. The average molecular weight is 447 g/mol. The number of carbonyl (C=O) groups excluding carboxylic acids is 1. The molecule has 0 radical (unpaired) electrons. The van der Waals surface area contributed by atoms with Gasteiger partial charge in [-0.05, 0) is 42.0 Å². The van der Waals surface area contributed by atoms with Gasteiger partial charge in [0.15, 0.2) is 6.19 Å². The molecule has 162 valence electrons. The SMILES string of the molecule is CC(CN=C(NC#N)Nc1cccnc1)(CNC(=O)c1ccc(Cl)cc1)c1ccccc1. The van der Waals surface area contributed by atoms with Crippen LogP contribution < -0.4 is 16.0 Å². The number of halogens is 1. The van der Waals surface area contributed by atoms with Crippen molar-refractivity contribution in [3.8, 4) is 6.19 Å². The maximum Gasteiger partial charge on any atom is 0.251 e. The number of nitriles is 1. The Morgan fingerprint density at radius 2 is 1.88 bits per heavy atom. The van der Waals surface area contributed by atoms with E-state index in [1.54, 1.807) is 42.7 Å². The molecule has 0 aliphatic heterocycles. The lowest BCUT2D eigenvalue weighted by Gasteiger charge is -2.29. The number of pyridine rings is 1. The summed E-state index contributed by atoms with van der Waals surface area (Å²) in [5.41, 5.74) is 1.71. The Morgan fingerprint density at radius 1 is 1.12 bits per heavy atom. The van der Waals surface area contributed by atoms with Gasteiger partial charge in [0.2, 0.25) is 5.96 Å². The van der Waals surface area contributed by atoms with E-state index in [1.807, 2.05) is 49.5 Å². The van der Waals surface area contributed by atoms with Crippen LogP contribution in [0.3, 0.4) is 0 Å². The minimum absolute atomic E-state index is 0.198. The number of amides is 1. The Balaban J connectivity index is 1.79. The standard InChI is InChI=1S/C24H23ClN6O/c1-24(19-6-3-2-4-7-19,15-28-22(32)18-9-11-20(25)12-10-18)16-29-23(30-17-26)31-21-8-5-13-27-14-21/h2-14H,15-16H2,1H3,(H,28,32)(H2,29,30,31). The number of nitrogens with zero attached hydrogens (tertiary/aromatic N) is 3. The first-order chi connectivity index (χ1) is 15.5. The van der Waals surface area contributed by atoms with Gasteiger partial charge in [0.05, 0.1) is 18.4 Å². The second-order valence-electron chi connectivity index (χ2n) is 7.38. The largest absolute Gasteiger partial charge is 0.351 e. The summed E-state index contributed by atoms with van der Waals surface area (Å²) in [6, 6.07) is 20.2. The molecule has 1 unspecified atom stereocenters. The third-order valence-electron chi connectivity index (χ3n) is 4.90. The molecule has 7 nitrogen and oxygen atoms in total. The molecule has 32 heavy (non-hydrogen) atoms. The molecule has 3 aromatic rings. The lowest BCUT2D eigenvalue weighted by molar-refractivity contribution is 0.0945. The van der Waals surface area contributed by atoms with Crippen molar-refractivity contribution < 1.29 is 4.79 Å². The zero-order valence-corrected chi connectivity index (χ0v) is 18.3. The fourth-order valence-corrected chi connectivity index (χ4v) is 3.18. The number of hydrogen-bond donors (Lipinski definition) is 3. The van der Waals surface area contributed by atoms with Gasteiger partial charge in [0, 0.05) is 28.7 Å². The second-order valence-corrected chi connectivity index (χ2v) is 7.82. The van der Waals surface area contributed by atoms with Crippen LogP contribution in [-0.4, -0.2) is 29.9 Å². The van der Waals surface area contributed by atoms with Crippen molar-refractivity contribution in [2.45, 2.75) is 12.3 Å². The minimum Gasteiger partial charge on any atom is -0.351 e. The predicted molar refractivity (Wildman–Crippen MR) is 126 cm³/mol. The zero-order chi connectivity index (χ0) is 22.8. The first-order valence-electron chi connectivity index (χ1n) is 9.96. The molecule has 8 heteroatoms. The molecule has 1 amide bonds. The van der Waals surface area contributed by atoms with E-state index in [-0.39, 0.29) is 5.91 Å². The molecule has 0 saturated heterocycles. The molecule has 3 N–H and O–H groups in total. The van der Waals surface area contributed by atoms with E-state index < -0.39 is 5.41 Å². The minimum atomic E-state index is -0.525. The summed E-state index contributed by atoms with van der Waals surface area (Å²) < 4.78 is 0. The highest BCUT2D eigenvalue weighted by Crippen LogP contribution is 2.24. The Labute approximate surface area is 192 Å². The summed E-state index contributed by atoms with van der Waals surface area (Å²) in [6.07, 6.45) is 5.19. The van der Waals surface area contributed by atoms with Gasteiger partial charge in [0.25, 0.3) is 5.91 Å². The Hall–Kier alpha value is -3.89. The van der Waals surface area contributed by atoms with Crippen molar-refractivity contribution in [1.82, 2.24) is 15.6 Å². The van der Waals surface area contributed by atoms with Gasteiger partial charge in [-0.1, -0.05) is 48.9 Å². The number of guanidine groups is 1. The normalized spacial score (nSPS) is 12.8. The fourth-order valence-electron chi connectivity index (χ4n) is 3.06. The smallest absolute Gasteiger partial charge is 0.251 e. The third-order valence-corrected chi connectivity index (χ3v) is 5.15. The van der Waals surface area contributed by atoms with E-state index in [2.05, 4.69) is 25.9 Å². The van der Waals surface area contributed by atoms with Crippen LogP contribution in [-0.2, 0) is 5.41 Å². The topological polar surface area (TPSA) is 102 Å². The number of hydrogen-bond acceptors (Lipinski definition) is 4. The van der Waals surface area contributed by atoms with Crippen LogP contribution in [0.5, 0.6) is 0 Å². The lowest BCUT2D eigenvalue weighted by Crippen LogP contribution is -2.41. The maximum absolute atomic E-state index is 12.7. The molecule has 1 aromatic heterocycles. The molecule has 1 atom stereocenters. The highest BCUT2D eigenvalue weighted by atomic mass is 35.5. The van der Waals surface area contributed by atoms with E-state index in [1.165, 1.54) is 0 Å². The number of benzene rings is 2. The van der Waals surface area contributed by atoms with E-state index in [0.29, 0.717) is 35.3 Å². The van der Waals surface area contributed by atoms with Crippen molar-refractivity contribution in [3.05, 3.63) is 95.3 Å². The third kappa shape index (κ3) is 6.30. The second kappa shape index (κ2) is 10.9. The first kappa shape index (κ1) is 22.8. The molecule has 2 aromatic carbocycles. The van der Waals surface area contributed by atoms with Crippen LogP contribution in [0.25, 0.3) is 0 Å². The molecular formula is C24H23ClN6O. The predicted octanol–water partition coefficient (Wildman–Crippen LogP) is 3.96. The fraction of sp³-hybridized carbons (Fsp3) is 0.167.